The molecule has 0 amide bonds. The SMILES string of the molecule is CC(C)(C)OC(=O)C=COc1ccc(C=O)cc1. The number of aldehydes is 1. The molecule has 0 aromatic heterocycles. The summed E-state index contributed by atoms with van der Waals surface area (Å²) in [6.07, 6.45) is 3.21. The predicted molar refractivity (Wildman–Crippen MR) is 67.4 cm³/mol. The first-order valence-corrected chi connectivity index (χ1v) is 5.52. The average Bonchev–Trinajstić information content (AvgIpc) is 2.27. The Labute approximate surface area is 106 Å². The van der Waals surface area contributed by atoms with Crippen LogP contribution in [0, 0.1) is 0 Å². The largest absolute Gasteiger partial charge is 0.465 e. The van der Waals surface area contributed by atoms with Crippen molar-refractivity contribution in [3.8, 4) is 5.75 Å². The predicted octanol–water partition coefficient (Wildman–Crippen LogP) is 2.73. The molecule has 0 spiro atoms. The molecule has 0 bridgehead atoms. The summed E-state index contributed by atoms with van der Waals surface area (Å²) < 4.78 is 10.3. The second-order valence-corrected chi connectivity index (χ2v) is 4.64. The first-order valence-electron chi connectivity index (χ1n) is 5.52. The van der Waals surface area contributed by atoms with E-state index in [4.69, 9.17) is 9.47 Å². The van der Waals surface area contributed by atoms with Crippen molar-refractivity contribution in [1.29, 1.82) is 0 Å². The molecular weight excluding hydrogens is 232 g/mol. The standard InChI is InChI=1S/C14H16O4/c1-14(2,3)18-13(16)8-9-17-12-6-4-11(10-15)5-7-12/h4-10H,1-3H3. The number of carbonyl (C=O) groups excluding carboxylic acids is 2. The molecule has 0 aliphatic rings. The topological polar surface area (TPSA) is 52.6 Å². The van der Waals surface area contributed by atoms with E-state index >= 15 is 0 Å². The monoisotopic (exact) mass is 248 g/mol. The molecule has 0 aliphatic carbocycles. The fourth-order valence-electron chi connectivity index (χ4n) is 1.13. The molecule has 0 fully saturated rings. The molecule has 1 rings (SSSR count). The minimum atomic E-state index is -0.521. The molecule has 96 valence electrons. The third kappa shape index (κ3) is 5.30. The molecule has 4 nitrogen and oxygen atoms in total. The number of rotatable bonds is 4. The maximum atomic E-state index is 11.3. The molecule has 0 radical (unpaired) electrons. The molecule has 4 heteroatoms. The molecule has 0 heterocycles. The van der Waals surface area contributed by atoms with Gasteiger partial charge in [-0.1, -0.05) is 0 Å². The lowest BCUT2D eigenvalue weighted by molar-refractivity contribution is -0.148. The number of hydrogen-bond acceptors (Lipinski definition) is 4. The van der Waals surface area contributed by atoms with Gasteiger partial charge in [-0.3, -0.25) is 4.79 Å². The minimum absolute atomic E-state index is 0.466. The van der Waals surface area contributed by atoms with Gasteiger partial charge >= 0.3 is 5.97 Å². The van der Waals surface area contributed by atoms with Crippen LogP contribution in [0.3, 0.4) is 0 Å². The van der Waals surface area contributed by atoms with Crippen LogP contribution in [0.25, 0.3) is 0 Å². The Hall–Kier alpha value is -2.10. The van der Waals surface area contributed by atoms with E-state index in [2.05, 4.69) is 0 Å². The summed E-state index contributed by atoms with van der Waals surface area (Å²) in [5, 5.41) is 0. The molecule has 1 aromatic rings. The number of benzene rings is 1. The van der Waals surface area contributed by atoms with Gasteiger partial charge in [-0.25, -0.2) is 4.79 Å². The second kappa shape index (κ2) is 6.00. The van der Waals surface area contributed by atoms with Crippen molar-refractivity contribution in [2.45, 2.75) is 26.4 Å². The van der Waals surface area contributed by atoms with E-state index in [1.807, 2.05) is 0 Å². The van der Waals surface area contributed by atoms with Crippen LogP contribution in [0.15, 0.2) is 36.6 Å². The zero-order valence-electron chi connectivity index (χ0n) is 10.7. The second-order valence-electron chi connectivity index (χ2n) is 4.64. The highest BCUT2D eigenvalue weighted by Gasteiger charge is 2.13. The van der Waals surface area contributed by atoms with Gasteiger partial charge in [0.05, 0.1) is 12.3 Å². The highest BCUT2D eigenvalue weighted by Crippen LogP contribution is 2.11. The van der Waals surface area contributed by atoms with Crippen LogP contribution >= 0.6 is 0 Å². The van der Waals surface area contributed by atoms with Crippen LogP contribution in [0.1, 0.15) is 31.1 Å². The molecule has 0 saturated carbocycles. The van der Waals surface area contributed by atoms with Crippen molar-refractivity contribution >= 4 is 12.3 Å². The van der Waals surface area contributed by atoms with Crippen molar-refractivity contribution in [2.75, 3.05) is 0 Å². The highest BCUT2D eigenvalue weighted by molar-refractivity contribution is 5.82. The smallest absolute Gasteiger partial charge is 0.334 e. The Balaban J connectivity index is 2.49. The van der Waals surface area contributed by atoms with E-state index in [-0.39, 0.29) is 0 Å². The van der Waals surface area contributed by atoms with Crippen LogP contribution in [0.2, 0.25) is 0 Å². The average molecular weight is 248 g/mol. The molecular formula is C14H16O4. The van der Waals surface area contributed by atoms with Crippen LogP contribution < -0.4 is 4.74 Å². The maximum absolute atomic E-state index is 11.3. The Kier molecular flexibility index (Phi) is 4.66. The molecule has 0 aliphatic heterocycles. The first kappa shape index (κ1) is 14.0. The van der Waals surface area contributed by atoms with Gasteiger partial charge < -0.3 is 9.47 Å². The highest BCUT2D eigenvalue weighted by atomic mass is 16.6. The minimum Gasteiger partial charge on any atom is -0.465 e. The lowest BCUT2D eigenvalue weighted by atomic mass is 10.2. The van der Waals surface area contributed by atoms with Gasteiger partial charge in [-0.05, 0) is 45.0 Å². The zero-order valence-corrected chi connectivity index (χ0v) is 10.7. The molecule has 0 N–H and O–H groups in total. The van der Waals surface area contributed by atoms with Gasteiger partial charge in [-0.2, -0.15) is 0 Å². The Morgan fingerprint density at radius 1 is 1.17 bits per heavy atom. The van der Waals surface area contributed by atoms with Crippen LogP contribution in [0.4, 0.5) is 0 Å². The number of ether oxygens (including phenoxy) is 2. The normalized spacial score (nSPS) is 11.3. The fraction of sp³-hybridized carbons (Fsp3) is 0.286. The summed E-state index contributed by atoms with van der Waals surface area (Å²) in [6, 6.07) is 6.54. The summed E-state index contributed by atoms with van der Waals surface area (Å²) in [6.45, 7) is 5.37. The van der Waals surface area contributed by atoms with Gasteiger partial charge in [0, 0.05) is 5.56 Å². The summed E-state index contributed by atoms with van der Waals surface area (Å²) in [7, 11) is 0. The summed E-state index contributed by atoms with van der Waals surface area (Å²) in [4.78, 5) is 21.8. The van der Waals surface area contributed by atoms with Crippen LogP contribution in [0.5, 0.6) is 5.75 Å². The van der Waals surface area contributed by atoms with E-state index in [9.17, 15) is 9.59 Å². The number of hydrogen-bond donors (Lipinski definition) is 0. The van der Waals surface area contributed by atoms with Gasteiger partial charge in [0.2, 0.25) is 0 Å². The maximum Gasteiger partial charge on any atom is 0.334 e. The van der Waals surface area contributed by atoms with Crippen molar-refractivity contribution < 1.29 is 19.1 Å². The van der Waals surface area contributed by atoms with Gasteiger partial charge in [0.1, 0.15) is 17.6 Å². The first-order chi connectivity index (χ1) is 8.40. The van der Waals surface area contributed by atoms with E-state index in [0.717, 1.165) is 6.29 Å². The molecule has 0 atom stereocenters. The Morgan fingerprint density at radius 2 is 1.78 bits per heavy atom. The van der Waals surface area contributed by atoms with E-state index in [1.54, 1.807) is 45.0 Å². The van der Waals surface area contributed by atoms with Crippen molar-refractivity contribution in [2.24, 2.45) is 0 Å². The lowest BCUT2D eigenvalue weighted by Crippen LogP contribution is -2.22. The van der Waals surface area contributed by atoms with Crippen molar-refractivity contribution in [3.63, 3.8) is 0 Å². The third-order valence-electron chi connectivity index (χ3n) is 1.83. The molecule has 18 heavy (non-hydrogen) atoms. The summed E-state index contributed by atoms with van der Waals surface area (Å²) in [5.41, 5.74) is 0.0472. The summed E-state index contributed by atoms with van der Waals surface area (Å²) in [5.74, 6) is 0.0763. The summed E-state index contributed by atoms with van der Waals surface area (Å²) >= 11 is 0. The van der Waals surface area contributed by atoms with E-state index in [0.29, 0.717) is 11.3 Å². The third-order valence-corrected chi connectivity index (χ3v) is 1.83. The van der Waals surface area contributed by atoms with Crippen molar-refractivity contribution in [3.05, 3.63) is 42.2 Å². The van der Waals surface area contributed by atoms with Crippen molar-refractivity contribution in [1.82, 2.24) is 0 Å². The van der Waals surface area contributed by atoms with Gasteiger partial charge in [0.15, 0.2) is 0 Å². The Morgan fingerprint density at radius 3 is 2.28 bits per heavy atom. The molecule has 0 unspecified atom stereocenters. The zero-order chi connectivity index (χ0) is 13.6. The van der Waals surface area contributed by atoms with Gasteiger partial charge in [-0.15, -0.1) is 0 Å². The van der Waals surface area contributed by atoms with Crippen LogP contribution in [-0.2, 0) is 9.53 Å². The van der Waals surface area contributed by atoms with Crippen LogP contribution in [-0.4, -0.2) is 17.9 Å². The quantitative estimate of drug-likeness (QED) is 0.356. The molecule has 1 aromatic carbocycles. The van der Waals surface area contributed by atoms with Gasteiger partial charge in [0.25, 0.3) is 0 Å². The molecule has 0 saturated heterocycles. The van der Waals surface area contributed by atoms with E-state index < -0.39 is 11.6 Å². The number of carbonyl (C=O) groups is 2. The fourth-order valence-corrected chi connectivity index (χ4v) is 1.13. The number of esters is 1. The Bertz CT molecular complexity index is 438. The lowest BCUT2D eigenvalue weighted by Gasteiger charge is -2.17. The van der Waals surface area contributed by atoms with E-state index in [1.165, 1.54) is 12.3 Å².